The molecule has 88 valence electrons. The molecular weight excluding hydrogens is 198 g/mol. The Balaban J connectivity index is 2.53. The Kier molecular flexibility index (Phi) is 5.01. The average molecular weight is 217 g/mol. The number of carbonyl (C=O) groups excluding carboxylic acids is 1. The van der Waals surface area contributed by atoms with Gasteiger partial charge in [0.15, 0.2) is 0 Å². The highest BCUT2D eigenvalue weighted by molar-refractivity contribution is 5.75. The molecule has 0 aliphatic carbocycles. The van der Waals surface area contributed by atoms with Gasteiger partial charge in [0.05, 0.1) is 20.3 Å². The van der Waals surface area contributed by atoms with Crippen LogP contribution in [0.5, 0.6) is 0 Å². The van der Waals surface area contributed by atoms with Crippen LogP contribution in [0.1, 0.15) is 6.92 Å². The number of hydrogen-bond donors (Lipinski definition) is 1. The van der Waals surface area contributed by atoms with E-state index in [0.717, 1.165) is 0 Å². The summed E-state index contributed by atoms with van der Waals surface area (Å²) in [4.78, 5) is 13.5. The molecule has 1 aliphatic rings. The molecule has 0 aromatic rings. The predicted octanol–water partition coefficient (Wildman–Crippen LogP) is -0.511. The van der Waals surface area contributed by atoms with E-state index in [1.165, 1.54) is 7.11 Å². The number of morpholine rings is 1. The van der Waals surface area contributed by atoms with Gasteiger partial charge in [0.2, 0.25) is 0 Å². The Labute approximate surface area is 90.0 Å². The van der Waals surface area contributed by atoms with Crippen molar-refractivity contribution in [2.45, 2.75) is 13.0 Å². The van der Waals surface area contributed by atoms with E-state index in [2.05, 4.69) is 0 Å². The van der Waals surface area contributed by atoms with Gasteiger partial charge < -0.3 is 14.6 Å². The molecule has 0 aromatic carbocycles. The van der Waals surface area contributed by atoms with Crippen LogP contribution in [0.3, 0.4) is 0 Å². The quantitative estimate of drug-likeness (QED) is 0.643. The molecule has 1 fully saturated rings. The first-order chi connectivity index (χ1) is 7.19. The molecule has 2 atom stereocenters. The van der Waals surface area contributed by atoms with Crippen LogP contribution in [0.2, 0.25) is 0 Å². The molecule has 2 unspecified atom stereocenters. The van der Waals surface area contributed by atoms with Gasteiger partial charge in [-0.25, -0.2) is 0 Å². The molecule has 5 heteroatoms. The van der Waals surface area contributed by atoms with Gasteiger partial charge in [-0.15, -0.1) is 0 Å². The molecule has 5 nitrogen and oxygen atoms in total. The largest absolute Gasteiger partial charge is 0.468 e. The number of aliphatic hydroxyl groups is 1. The summed E-state index contributed by atoms with van der Waals surface area (Å²) < 4.78 is 9.96. The molecule has 1 rings (SSSR count). The lowest BCUT2D eigenvalue weighted by molar-refractivity contribution is -0.153. The standard InChI is InChI=1S/C10H19NO4/c1-8(6-12)5-11-3-4-15-7-9(11)10(13)14-2/h8-9,12H,3-7H2,1-2H3. The smallest absolute Gasteiger partial charge is 0.325 e. The molecular formula is C10H19NO4. The number of esters is 1. The normalized spacial score (nSPS) is 24.9. The zero-order valence-corrected chi connectivity index (χ0v) is 9.31. The third-order valence-electron chi connectivity index (χ3n) is 2.57. The summed E-state index contributed by atoms with van der Waals surface area (Å²) in [5.74, 6) is -0.102. The van der Waals surface area contributed by atoms with Crippen LogP contribution in [-0.4, -0.2) is 62.0 Å². The van der Waals surface area contributed by atoms with Crippen LogP contribution in [0.25, 0.3) is 0 Å². The molecule has 1 heterocycles. The van der Waals surface area contributed by atoms with Crippen molar-refractivity contribution in [3.05, 3.63) is 0 Å². The van der Waals surface area contributed by atoms with Crippen LogP contribution < -0.4 is 0 Å². The maximum Gasteiger partial charge on any atom is 0.325 e. The van der Waals surface area contributed by atoms with Crippen LogP contribution in [-0.2, 0) is 14.3 Å². The maximum atomic E-state index is 11.4. The van der Waals surface area contributed by atoms with E-state index in [1.54, 1.807) is 0 Å². The lowest BCUT2D eigenvalue weighted by atomic mass is 10.1. The number of aliphatic hydroxyl groups excluding tert-OH is 1. The predicted molar refractivity (Wildman–Crippen MR) is 54.4 cm³/mol. The monoisotopic (exact) mass is 217 g/mol. The van der Waals surface area contributed by atoms with Gasteiger partial charge in [0.25, 0.3) is 0 Å². The summed E-state index contributed by atoms with van der Waals surface area (Å²) in [5.41, 5.74) is 0. The fourth-order valence-corrected chi connectivity index (χ4v) is 1.67. The first-order valence-corrected chi connectivity index (χ1v) is 5.19. The maximum absolute atomic E-state index is 11.4. The second kappa shape index (κ2) is 6.05. The molecule has 1 saturated heterocycles. The van der Waals surface area contributed by atoms with Crippen LogP contribution in [0.4, 0.5) is 0 Å². The van der Waals surface area contributed by atoms with Crippen molar-refractivity contribution in [3.63, 3.8) is 0 Å². The first kappa shape index (κ1) is 12.4. The van der Waals surface area contributed by atoms with Gasteiger partial charge in [-0.1, -0.05) is 6.92 Å². The minimum atomic E-state index is -0.322. The average Bonchev–Trinajstić information content (AvgIpc) is 2.28. The van der Waals surface area contributed by atoms with E-state index in [0.29, 0.717) is 26.3 Å². The minimum absolute atomic E-state index is 0.130. The third-order valence-corrected chi connectivity index (χ3v) is 2.57. The van der Waals surface area contributed by atoms with Gasteiger partial charge in [0.1, 0.15) is 6.04 Å². The second-order valence-corrected chi connectivity index (χ2v) is 3.90. The highest BCUT2D eigenvalue weighted by atomic mass is 16.5. The minimum Gasteiger partial charge on any atom is -0.468 e. The van der Waals surface area contributed by atoms with E-state index in [4.69, 9.17) is 14.6 Å². The van der Waals surface area contributed by atoms with Gasteiger partial charge in [0, 0.05) is 19.7 Å². The topological polar surface area (TPSA) is 59.0 Å². The fraction of sp³-hybridized carbons (Fsp3) is 0.900. The molecule has 0 saturated carbocycles. The Hall–Kier alpha value is -0.650. The molecule has 15 heavy (non-hydrogen) atoms. The zero-order chi connectivity index (χ0) is 11.3. The van der Waals surface area contributed by atoms with Gasteiger partial charge in [-0.3, -0.25) is 9.69 Å². The summed E-state index contributed by atoms with van der Waals surface area (Å²) in [5, 5.41) is 8.97. The van der Waals surface area contributed by atoms with Crippen molar-refractivity contribution in [2.24, 2.45) is 5.92 Å². The van der Waals surface area contributed by atoms with Crippen LogP contribution in [0.15, 0.2) is 0 Å². The first-order valence-electron chi connectivity index (χ1n) is 5.19. The van der Waals surface area contributed by atoms with Crippen molar-refractivity contribution < 1.29 is 19.4 Å². The molecule has 0 aromatic heterocycles. The number of hydrogen-bond acceptors (Lipinski definition) is 5. The number of nitrogens with zero attached hydrogens (tertiary/aromatic N) is 1. The highest BCUT2D eigenvalue weighted by Crippen LogP contribution is 2.11. The number of rotatable bonds is 4. The summed E-state index contributed by atoms with van der Waals surface area (Å²) in [6.07, 6.45) is 0. The lowest BCUT2D eigenvalue weighted by Gasteiger charge is -2.34. The molecule has 0 spiro atoms. The lowest BCUT2D eigenvalue weighted by Crippen LogP contribution is -2.51. The molecule has 0 amide bonds. The molecule has 1 aliphatic heterocycles. The molecule has 1 N–H and O–H groups in total. The Morgan fingerprint density at radius 2 is 2.47 bits per heavy atom. The van der Waals surface area contributed by atoms with Crippen molar-refractivity contribution in [1.82, 2.24) is 4.90 Å². The van der Waals surface area contributed by atoms with E-state index in [1.807, 2.05) is 11.8 Å². The summed E-state index contributed by atoms with van der Waals surface area (Å²) >= 11 is 0. The number of ether oxygens (including phenoxy) is 2. The van der Waals surface area contributed by atoms with Crippen LogP contribution in [0, 0.1) is 5.92 Å². The third kappa shape index (κ3) is 3.44. The summed E-state index contributed by atoms with van der Waals surface area (Å²) in [7, 11) is 1.38. The van der Waals surface area contributed by atoms with Gasteiger partial charge >= 0.3 is 5.97 Å². The Bertz CT molecular complexity index is 210. The van der Waals surface area contributed by atoms with E-state index < -0.39 is 0 Å². The number of methoxy groups -OCH3 is 1. The van der Waals surface area contributed by atoms with E-state index in [9.17, 15) is 4.79 Å². The van der Waals surface area contributed by atoms with E-state index >= 15 is 0 Å². The van der Waals surface area contributed by atoms with Crippen molar-refractivity contribution >= 4 is 5.97 Å². The summed E-state index contributed by atoms with van der Waals surface area (Å²) in [6.45, 7) is 4.50. The summed E-state index contributed by atoms with van der Waals surface area (Å²) in [6, 6.07) is -0.322. The molecule has 0 bridgehead atoms. The van der Waals surface area contributed by atoms with E-state index in [-0.39, 0.29) is 24.5 Å². The Morgan fingerprint density at radius 1 is 1.73 bits per heavy atom. The molecule has 0 radical (unpaired) electrons. The zero-order valence-electron chi connectivity index (χ0n) is 9.31. The van der Waals surface area contributed by atoms with Gasteiger partial charge in [-0.2, -0.15) is 0 Å². The number of carbonyl (C=O) groups is 1. The van der Waals surface area contributed by atoms with Crippen LogP contribution >= 0.6 is 0 Å². The van der Waals surface area contributed by atoms with Gasteiger partial charge in [-0.05, 0) is 5.92 Å². The highest BCUT2D eigenvalue weighted by Gasteiger charge is 2.30. The van der Waals surface area contributed by atoms with Crippen molar-refractivity contribution in [3.8, 4) is 0 Å². The van der Waals surface area contributed by atoms with Crippen molar-refractivity contribution in [1.29, 1.82) is 0 Å². The fourth-order valence-electron chi connectivity index (χ4n) is 1.67. The SMILES string of the molecule is COC(=O)C1COCCN1CC(C)CO. The van der Waals surface area contributed by atoms with Crippen molar-refractivity contribution in [2.75, 3.05) is 40.0 Å². The second-order valence-electron chi connectivity index (χ2n) is 3.90. The Morgan fingerprint density at radius 3 is 3.07 bits per heavy atom.